The van der Waals surface area contributed by atoms with Gasteiger partial charge in [0.2, 0.25) is 0 Å². The molecule has 0 heterocycles. The molecule has 3 aromatic rings. The number of fused-ring (bicyclic) bond motifs is 1. The van der Waals surface area contributed by atoms with Crippen molar-refractivity contribution < 1.29 is 17.9 Å². The minimum absolute atomic E-state index is 0.287. The SMILES string of the molecule is C=CC[C@@H](C(=O)O[C@H]1CCCC[C@@H]1S(=O)(=O)c1ccc2ccccc2c1)c1ccccc1. The van der Waals surface area contributed by atoms with Gasteiger partial charge in [-0.15, -0.1) is 6.58 Å². The zero-order chi connectivity index (χ0) is 22.6. The van der Waals surface area contributed by atoms with Crippen molar-refractivity contribution in [2.75, 3.05) is 0 Å². The molecule has 166 valence electrons. The van der Waals surface area contributed by atoms with Crippen LogP contribution >= 0.6 is 0 Å². The number of rotatable bonds is 7. The molecule has 0 bridgehead atoms. The zero-order valence-electron chi connectivity index (χ0n) is 18.0. The molecule has 1 aliphatic carbocycles. The van der Waals surface area contributed by atoms with E-state index in [1.54, 1.807) is 18.2 Å². The number of carbonyl (C=O) groups excluding carboxylic acids is 1. The Kier molecular flexibility index (Phi) is 6.75. The molecule has 0 amide bonds. The van der Waals surface area contributed by atoms with Gasteiger partial charge in [0, 0.05) is 0 Å². The lowest BCUT2D eigenvalue weighted by Crippen LogP contribution is -2.40. The summed E-state index contributed by atoms with van der Waals surface area (Å²) >= 11 is 0. The normalized spacial score (nSPS) is 19.9. The molecule has 3 atom stereocenters. The smallest absolute Gasteiger partial charge is 0.314 e. The summed E-state index contributed by atoms with van der Waals surface area (Å²) in [5, 5.41) is 1.14. The van der Waals surface area contributed by atoms with E-state index in [2.05, 4.69) is 6.58 Å². The van der Waals surface area contributed by atoms with Crippen molar-refractivity contribution in [3.05, 3.63) is 91.0 Å². The molecule has 0 N–H and O–H groups in total. The van der Waals surface area contributed by atoms with E-state index in [9.17, 15) is 13.2 Å². The number of ether oxygens (including phenoxy) is 1. The maximum Gasteiger partial charge on any atom is 0.314 e. The van der Waals surface area contributed by atoms with Crippen LogP contribution < -0.4 is 0 Å². The predicted octanol–water partition coefficient (Wildman–Crippen LogP) is 5.83. The molecule has 0 aromatic heterocycles. The second-order valence-corrected chi connectivity index (χ2v) is 10.5. The highest BCUT2D eigenvalue weighted by molar-refractivity contribution is 7.92. The summed E-state index contributed by atoms with van der Waals surface area (Å²) in [4.78, 5) is 13.4. The van der Waals surface area contributed by atoms with E-state index in [1.807, 2.05) is 60.7 Å². The molecule has 0 spiro atoms. The van der Waals surface area contributed by atoms with Crippen molar-refractivity contribution in [3.8, 4) is 0 Å². The number of hydrogen-bond acceptors (Lipinski definition) is 4. The summed E-state index contributed by atoms with van der Waals surface area (Å²) in [6, 6.07) is 22.4. The van der Waals surface area contributed by atoms with Crippen molar-refractivity contribution in [3.63, 3.8) is 0 Å². The Hall–Kier alpha value is -2.92. The fourth-order valence-corrected chi connectivity index (χ4v) is 6.49. The first kappa shape index (κ1) is 22.3. The number of allylic oxidation sites excluding steroid dienone is 1. The highest BCUT2D eigenvalue weighted by Gasteiger charge is 2.40. The predicted molar refractivity (Wildman–Crippen MR) is 127 cm³/mol. The molecule has 5 heteroatoms. The Balaban J connectivity index is 1.60. The molecule has 4 nitrogen and oxygen atoms in total. The Morgan fingerprint density at radius 1 is 0.969 bits per heavy atom. The lowest BCUT2D eigenvalue weighted by molar-refractivity contribution is -0.152. The summed E-state index contributed by atoms with van der Waals surface area (Å²) in [6.07, 6.45) is 4.19. The number of sulfone groups is 1. The fourth-order valence-electron chi connectivity index (χ4n) is 4.52. The van der Waals surface area contributed by atoms with Crippen LogP contribution in [0.15, 0.2) is 90.3 Å². The summed E-state index contributed by atoms with van der Waals surface area (Å²) in [5.41, 5.74) is 0.849. The van der Waals surface area contributed by atoms with Crippen LogP contribution in [0.25, 0.3) is 10.8 Å². The first-order chi connectivity index (χ1) is 15.5. The summed E-state index contributed by atoms with van der Waals surface area (Å²) in [5.74, 6) is -0.874. The minimum atomic E-state index is -3.65. The van der Waals surface area contributed by atoms with Gasteiger partial charge < -0.3 is 4.74 Å². The average molecular weight is 449 g/mol. The third kappa shape index (κ3) is 4.63. The van der Waals surface area contributed by atoms with Crippen LogP contribution in [-0.4, -0.2) is 25.7 Å². The number of hydrogen-bond donors (Lipinski definition) is 0. The van der Waals surface area contributed by atoms with Crippen molar-refractivity contribution in [2.24, 2.45) is 0 Å². The number of carbonyl (C=O) groups is 1. The van der Waals surface area contributed by atoms with Crippen LogP contribution in [0.3, 0.4) is 0 Å². The van der Waals surface area contributed by atoms with Gasteiger partial charge in [-0.3, -0.25) is 4.79 Å². The van der Waals surface area contributed by atoms with Crippen molar-refractivity contribution in [1.82, 2.24) is 0 Å². The highest BCUT2D eigenvalue weighted by Crippen LogP contribution is 2.33. The Morgan fingerprint density at radius 3 is 2.41 bits per heavy atom. The van der Waals surface area contributed by atoms with Crippen molar-refractivity contribution in [2.45, 2.75) is 54.3 Å². The second kappa shape index (κ2) is 9.70. The van der Waals surface area contributed by atoms with Gasteiger partial charge in [-0.25, -0.2) is 8.42 Å². The maximum atomic E-state index is 13.6. The fraction of sp³-hybridized carbons (Fsp3) is 0.296. The molecule has 1 aliphatic rings. The van der Waals surface area contributed by atoms with E-state index >= 15 is 0 Å². The number of esters is 1. The molecule has 0 saturated heterocycles. The second-order valence-electron chi connectivity index (χ2n) is 8.34. The van der Waals surface area contributed by atoms with E-state index in [1.165, 1.54) is 0 Å². The molecule has 0 aliphatic heterocycles. The van der Waals surface area contributed by atoms with E-state index in [0.29, 0.717) is 19.3 Å². The topological polar surface area (TPSA) is 60.4 Å². The molecular formula is C27H28O4S. The highest BCUT2D eigenvalue weighted by atomic mass is 32.2. The summed E-state index contributed by atoms with van der Waals surface area (Å²) in [6.45, 7) is 3.77. The molecular weight excluding hydrogens is 420 g/mol. The van der Waals surface area contributed by atoms with Crippen LogP contribution in [-0.2, 0) is 19.4 Å². The van der Waals surface area contributed by atoms with Gasteiger partial charge in [-0.1, -0.05) is 73.2 Å². The third-order valence-corrected chi connectivity index (χ3v) is 8.49. The minimum Gasteiger partial charge on any atom is -0.461 e. The summed E-state index contributed by atoms with van der Waals surface area (Å²) in [7, 11) is -3.65. The largest absolute Gasteiger partial charge is 0.461 e. The van der Waals surface area contributed by atoms with Gasteiger partial charge in [0.15, 0.2) is 9.84 Å². The first-order valence-corrected chi connectivity index (χ1v) is 12.6. The molecule has 1 fully saturated rings. The maximum absolute atomic E-state index is 13.6. The molecule has 4 rings (SSSR count). The Bertz CT molecular complexity index is 1200. The molecule has 3 aromatic carbocycles. The van der Waals surface area contributed by atoms with Gasteiger partial charge in [0.25, 0.3) is 0 Å². The van der Waals surface area contributed by atoms with Crippen LogP contribution in [0.4, 0.5) is 0 Å². The van der Waals surface area contributed by atoms with Gasteiger partial charge in [-0.05, 0) is 54.2 Å². The monoisotopic (exact) mass is 448 g/mol. The van der Waals surface area contributed by atoms with Gasteiger partial charge >= 0.3 is 5.97 Å². The lowest BCUT2D eigenvalue weighted by atomic mass is 9.94. The van der Waals surface area contributed by atoms with Crippen LogP contribution in [0.2, 0.25) is 0 Å². The summed E-state index contributed by atoms with van der Waals surface area (Å²) < 4.78 is 33.1. The van der Waals surface area contributed by atoms with E-state index in [4.69, 9.17) is 4.74 Å². The molecule has 1 saturated carbocycles. The Morgan fingerprint density at radius 2 is 1.66 bits per heavy atom. The standard InChI is InChI=1S/C27H28O4S/c1-2-10-24(21-12-4-3-5-13-21)27(28)31-25-15-8-9-16-26(25)32(29,30)23-18-17-20-11-6-7-14-22(20)19-23/h2-7,11-14,17-19,24-26H,1,8-10,15-16H2/t24-,25+,26+/m1/s1. The lowest BCUT2D eigenvalue weighted by Gasteiger charge is -2.32. The van der Waals surface area contributed by atoms with E-state index < -0.39 is 27.1 Å². The van der Waals surface area contributed by atoms with E-state index in [0.717, 1.165) is 29.2 Å². The molecule has 0 unspecified atom stereocenters. The van der Waals surface area contributed by atoms with Crippen LogP contribution in [0.5, 0.6) is 0 Å². The zero-order valence-corrected chi connectivity index (χ0v) is 18.8. The van der Waals surface area contributed by atoms with Crippen molar-refractivity contribution >= 4 is 26.6 Å². The van der Waals surface area contributed by atoms with Crippen LogP contribution in [0.1, 0.15) is 43.6 Å². The molecule has 32 heavy (non-hydrogen) atoms. The average Bonchev–Trinajstić information content (AvgIpc) is 2.83. The van der Waals surface area contributed by atoms with Gasteiger partial charge in [0.1, 0.15) is 11.4 Å². The van der Waals surface area contributed by atoms with Gasteiger partial charge in [-0.2, -0.15) is 0 Å². The molecule has 0 radical (unpaired) electrons. The Labute approximate surface area is 189 Å². The van der Waals surface area contributed by atoms with Crippen LogP contribution in [0, 0.1) is 0 Å². The van der Waals surface area contributed by atoms with Gasteiger partial charge in [0.05, 0.1) is 10.8 Å². The van der Waals surface area contributed by atoms with Crippen molar-refractivity contribution in [1.29, 1.82) is 0 Å². The quantitative estimate of drug-likeness (QED) is 0.337. The number of benzene rings is 3. The third-order valence-electron chi connectivity index (χ3n) is 6.25. The van der Waals surface area contributed by atoms with E-state index in [-0.39, 0.29) is 10.9 Å². The first-order valence-electron chi connectivity index (χ1n) is 11.1.